The zero-order chi connectivity index (χ0) is 36.6. The van der Waals surface area contributed by atoms with E-state index in [4.69, 9.17) is 44.1 Å². The number of nitrogens with zero attached hydrogens (tertiary/aromatic N) is 2. The SMILES string of the molecule is [B]C(=O)N1C(c2c(OC)cccc2OC)O[C@@H](C(=O)O)C1CC(C)C.[B]C(=O)N1C(c2c(OC)cccc2OC)O[C@@H](C=C)C1CC(C)C. The first-order chi connectivity index (χ1) is 23.2. The molecule has 2 aliphatic rings. The number of carboxylic acids is 1. The number of benzene rings is 2. The van der Waals surface area contributed by atoms with E-state index in [2.05, 4.69) is 20.4 Å². The summed E-state index contributed by atoms with van der Waals surface area (Å²) in [6, 6.07) is 9.66. The van der Waals surface area contributed by atoms with Crippen molar-refractivity contribution < 1.29 is 47.9 Å². The quantitative estimate of drug-likeness (QED) is 0.228. The predicted molar refractivity (Wildman–Crippen MR) is 185 cm³/mol. The Balaban J connectivity index is 0.000000266. The molecule has 0 spiro atoms. The molecule has 4 unspecified atom stereocenters. The molecule has 6 atom stereocenters. The lowest BCUT2D eigenvalue weighted by Crippen LogP contribution is -2.43. The molecule has 1 N–H and O–H groups in total. The summed E-state index contributed by atoms with van der Waals surface area (Å²) in [7, 11) is 17.3. The molecular formula is C35H46B2N2O10. The van der Waals surface area contributed by atoms with E-state index in [0.717, 1.165) is 6.42 Å². The van der Waals surface area contributed by atoms with Gasteiger partial charge in [0.15, 0.2) is 30.2 Å². The molecule has 0 saturated carbocycles. The second-order valence-electron chi connectivity index (χ2n) is 12.5. The molecule has 0 bridgehead atoms. The van der Waals surface area contributed by atoms with Crippen LogP contribution in [0.2, 0.25) is 0 Å². The fourth-order valence-corrected chi connectivity index (χ4v) is 6.36. The van der Waals surface area contributed by atoms with Gasteiger partial charge < -0.3 is 43.3 Å². The van der Waals surface area contributed by atoms with E-state index in [1.54, 1.807) is 55.5 Å². The fourth-order valence-electron chi connectivity index (χ4n) is 6.36. The van der Waals surface area contributed by atoms with E-state index < -0.39 is 42.2 Å². The molecule has 262 valence electrons. The maximum atomic E-state index is 12.2. The summed E-state index contributed by atoms with van der Waals surface area (Å²) in [4.78, 5) is 38.8. The van der Waals surface area contributed by atoms with Gasteiger partial charge in [-0.05, 0) is 48.9 Å². The van der Waals surface area contributed by atoms with Crippen molar-refractivity contribution in [2.75, 3.05) is 28.4 Å². The number of ether oxygens (including phenoxy) is 6. The van der Waals surface area contributed by atoms with E-state index in [1.807, 2.05) is 19.9 Å². The van der Waals surface area contributed by atoms with Crippen molar-refractivity contribution in [3.8, 4) is 23.0 Å². The van der Waals surface area contributed by atoms with Crippen LogP contribution in [0.5, 0.6) is 23.0 Å². The van der Waals surface area contributed by atoms with Gasteiger partial charge in [-0.25, -0.2) is 4.79 Å². The van der Waals surface area contributed by atoms with Gasteiger partial charge in [0, 0.05) is 0 Å². The highest BCUT2D eigenvalue weighted by Crippen LogP contribution is 2.46. The number of carboxylic acid groups (broad SMARTS) is 1. The van der Waals surface area contributed by atoms with Gasteiger partial charge in [-0.3, -0.25) is 9.59 Å². The number of rotatable bonds is 12. The molecule has 0 aromatic heterocycles. The Hall–Kier alpha value is -4.16. The smallest absolute Gasteiger partial charge is 0.335 e. The second kappa shape index (κ2) is 17.5. The van der Waals surface area contributed by atoms with Crippen LogP contribution < -0.4 is 18.9 Å². The van der Waals surface area contributed by atoms with E-state index in [1.165, 1.54) is 19.1 Å². The first-order valence-corrected chi connectivity index (χ1v) is 16.0. The first kappa shape index (κ1) is 39.3. The normalized spacial score (nSPS) is 23.1. The topological polar surface area (TPSA) is 133 Å². The average Bonchev–Trinajstić information content (AvgIpc) is 3.61. The van der Waals surface area contributed by atoms with Crippen molar-refractivity contribution >= 4 is 33.3 Å². The monoisotopic (exact) mass is 676 g/mol. The Kier molecular flexibility index (Phi) is 14.0. The van der Waals surface area contributed by atoms with Gasteiger partial charge in [0.2, 0.25) is 15.7 Å². The lowest BCUT2D eigenvalue weighted by molar-refractivity contribution is -0.150. The van der Waals surface area contributed by atoms with Crippen molar-refractivity contribution in [3.05, 3.63) is 60.2 Å². The molecule has 2 heterocycles. The zero-order valence-corrected chi connectivity index (χ0v) is 29.5. The third kappa shape index (κ3) is 8.72. The van der Waals surface area contributed by atoms with E-state index in [0.29, 0.717) is 46.5 Å². The summed E-state index contributed by atoms with van der Waals surface area (Å²) in [5.41, 5.74) is 1.09. The Bertz CT molecular complexity index is 1430. The molecule has 2 aromatic rings. The zero-order valence-electron chi connectivity index (χ0n) is 29.5. The Morgan fingerprint density at radius 3 is 1.45 bits per heavy atom. The van der Waals surface area contributed by atoms with Crippen LogP contribution in [0.15, 0.2) is 49.1 Å². The van der Waals surface area contributed by atoms with Gasteiger partial charge in [-0.15, -0.1) is 6.58 Å². The van der Waals surface area contributed by atoms with E-state index in [-0.39, 0.29) is 18.1 Å². The molecule has 49 heavy (non-hydrogen) atoms. The van der Waals surface area contributed by atoms with Gasteiger partial charge in [-0.1, -0.05) is 45.9 Å². The summed E-state index contributed by atoms with van der Waals surface area (Å²) >= 11 is 0. The Morgan fingerprint density at radius 2 is 1.12 bits per heavy atom. The van der Waals surface area contributed by atoms with Crippen LogP contribution in [0.3, 0.4) is 0 Å². The van der Waals surface area contributed by atoms with Crippen LogP contribution in [0.25, 0.3) is 0 Å². The highest BCUT2D eigenvalue weighted by atomic mass is 16.6. The molecule has 2 aromatic carbocycles. The van der Waals surface area contributed by atoms with Gasteiger partial charge in [0.05, 0.1) is 57.8 Å². The minimum atomic E-state index is -1.19. The van der Waals surface area contributed by atoms with Crippen LogP contribution in [-0.4, -0.2) is 101 Å². The summed E-state index contributed by atoms with van der Waals surface area (Å²) in [5.74, 6) is 0.0903. The van der Waals surface area contributed by atoms with Crippen LogP contribution >= 0.6 is 0 Å². The molecule has 4 rings (SSSR count). The summed E-state index contributed by atoms with van der Waals surface area (Å²) in [6.07, 6.45) is -0.269. The number of amides is 2. The molecule has 2 amide bonds. The van der Waals surface area contributed by atoms with Crippen molar-refractivity contribution in [2.24, 2.45) is 11.8 Å². The van der Waals surface area contributed by atoms with Crippen LogP contribution in [0.1, 0.15) is 64.1 Å². The molecule has 2 aliphatic heterocycles. The molecule has 4 radical (unpaired) electrons. The standard InChI is InChI=1S/C18H24BNO4.C17H22BNO6/c1-6-13-12(10-11(2)3)20(18(19)21)17(24-13)16-14(22-4)8-7-9-15(16)23-5;1-9(2)8-10-14(16(20)21)25-15(19(10)17(18)22)13-11(23-3)6-5-7-12(13)24-4/h6-9,11-13,17H,1,10H2,2-5H3;5-7,9-10,14-15H,8H2,1-4H3,(H,20,21)/t12?,13-,17?;10?,14-,15?/m01/s1. The number of carbonyl (C=O) groups excluding carboxylic acids is 2. The molecular weight excluding hydrogens is 630 g/mol. The lowest BCUT2D eigenvalue weighted by atomic mass is 9.95. The number of hydrogen-bond donors (Lipinski definition) is 1. The highest BCUT2D eigenvalue weighted by Gasteiger charge is 2.49. The van der Waals surface area contributed by atoms with Gasteiger partial charge in [0.1, 0.15) is 23.0 Å². The predicted octanol–water partition coefficient (Wildman–Crippen LogP) is 5.48. The van der Waals surface area contributed by atoms with Crippen LogP contribution in [0.4, 0.5) is 9.59 Å². The van der Waals surface area contributed by atoms with Gasteiger partial charge >= 0.3 is 5.97 Å². The third-order valence-electron chi connectivity index (χ3n) is 8.35. The number of aliphatic carboxylic acids is 1. The van der Waals surface area contributed by atoms with E-state index in [9.17, 15) is 19.5 Å². The highest BCUT2D eigenvalue weighted by molar-refractivity contribution is 6.57. The van der Waals surface area contributed by atoms with Crippen molar-refractivity contribution in [2.45, 2.75) is 77.3 Å². The van der Waals surface area contributed by atoms with Crippen molar-refractivity contribution in [3.63, 3.8) is 0 Å². The largest absolute Gasteiger partial charge is 0.496 e. The summed E-state index contributed by atoms with van der Waals surface area (Å²) < 4.78 is 33.5. The fraction of sp³-hybridized carbons (Fsp3) is 0.514. The third-order valence-corrected chi connectivity index (χ3v) is 8.35. The molecule has 2 fully saturated rings. The maximum absolute atomic E-state index is 12.2. The molecule has 2 saturated heterocycles. The molecule has 14 heteroatoms. The molecule has 12 nitrogen and oxygen atoms in total. The van der Waals surface area contributed by atoms with Crippen LogP contribution in [-0.2, 0) is 14.3 Å². The van der Waals surface area contributed by atoms with E-state index >= 15 is 0 Å². The van der Waals surface area contributed by atoms with Crippen molar-refractivity contribution in [1.82, 2.24) is 9.80 Å². The average molecular weight is 676 g/mol. The number of carbonyl (C=O) groups is 3. The van der Waals surface area contributed by atoms with Crippen LogP contribution in [0, 0.1) is 11.8 Å². The molecule has 0 aliphatic carbocycles. The summed E-state index contributed by atoms with van der Waals surface area (Å²) in [6.45, 7) is 11.9. The first-order valence-electron chi connectivity index (χ1n) is 16.0. The summed E-state index contributed by atoms with van der Waals surface area (Å²) in [5, 5.41) is 9.55. The van der Waals surface area contributed by atoms with Gasteiger partial charge in [-0.2, -0.15) is 0 Å². The number of methoxy groups -OCH3 is 4. The Morgan fingerprint density at radius 1 is 0.755 bits per heavy atom. The minimum absolute atomic E-state index is 0.149. The second-order valence-corrected chi connectivity index (χ2v) is 12.5. The van der Waals surface area contributed by atoms with Gasteiger partial charge in [0.25, 0.3) is 0 Å². The lowest BCUT2D eigenvalue weighted by Gasteiger charge is -2.30. The minimum Gasteiger partial charge on any atom is -0.496 e. The Labute approximate surface area is 291 Å². The number of hydrogen-bond acceptors (Lipinski definition) is 9. The van der Waals surface area contributed by atoms with Crippen molar-refractivity contribution in [1.29, 1.82) is 0 Å². The maximum Gasteiger partial charge on any atom is 0.335 e.